The number of ether oxygens (including phenoxy) is 2. The Hall–Kier alpha value is -2.47. The van der Waals surface area contributed by atoms with Gasteiger partial charge in [-0.15, -0.1) is 0 Å². The van der Waals surface area contributed by atoms with Crippen LogP contribution in [-0.4, -0.2) is 35.4 Å². The number of furan rings is 1. The van der Waals surface area contributed by atoms with Crippen LogP contribution in [-0.2, 0) is 17.8 Å². The Kier molecular flexibility index (Phi) is 5.60. The molecule has 6 heteroatoms. The minimum absolute atomic E-state index is 0.00466. The number of carbonyl (C=O) groups excluding carboxylic acids is 1. The van der Waals surface area contributed by atoms with Crippen LogP contribution in [0.5, 0.6) is 11.5 Å². The standard InChI is InChI=1S/C19H23NO5/c1-2-15(12-21)20(11-16-4-3-9-23-16)19(22)8-6-14-5-7-17-18(10-14)25-13-24-17/h3-5,7,9-10,15,21H,2,6,8,11-13H2,1H3/t15-/m1/s1. The number of aryl methyl sites for hydroxylation is 1. The van der Waals surface area contributed by atoms with Crippen LogP contribution in [0, 0.1) is 0 Å². The molecule has 0 fully saturated rings. The highest BCUT2D eigenvalue weighted by Gasteiger charge is 2.23. The third kappa shape index (κ3) is 4.14. The van der Waals surface area contributed by atoms with E-state index in [4.69, 9.17) is 13.9 Å². The topological polar surface area (TPSA) is 72.1 Å². The van der Waals surface area contributed by atoms with Crippen molar-refractivity contribution in [1.29, 1.82) is 0 Å². The van der Waals surface area contributed by atoms with Gasteiger partial charge in [0, 0.05) is 6.42 Å². The van der Waals surface area contributed by atoms with Crippen molar-refractivity contribution >= 4 is 5.91 Å². The maximum atomic E-state index is 12.8. The van der Waals surface area contributed by atoms with Crippen molar-refractivity contribution in [3.63, 3.8) is 0 Å². The minimum atomic E-state index is -0.214. The Morgan fingerprint density at radius 3 is 2.84 bits per heavy atom. The van der Waals surface area contributed by atoms with Crippen LogP contribution >= 0.6 is 0 Å². The lowest BCUT2D eigenvalue weighted by Gasteiger charge is -2.29. The number of carbonyl (C=O) groups is 1. The molecule has 1 N–H and O–H groups in total. The summed E-state index contributed by atoms with van der Waals surface area (Å²) in [6.45, 7) is 2.50. The lowest BCUT2D eigenvalue weighted by atomic mass is 10.1. The molecule has 6 nitrogen and oxygen atoms in total. The summed E-state index contributed by atoms with van der Waals surface area (Å²) in [7, 11) is 0. The highest BCUT2D eigenvalue weighted by atomic mass is 16.7. The molecule has 1 atom stereocenters. The number of amides is 1. The zero-order valence-corrected chi connectivity index (χ0v) is 14.3. The van der Waals surface area contributed by atoms with E-state index in [-0.39, 0.29) is 25.3 Å². The highest BCUT2D eigenvalue weighted by molar-refractivity contribution is 5.76. The summed E-state index contributed by atoms with van der Waals surface area (Å²) in [5.74, 6) is 2.17. The van der Waals surface area contributed by atoms with Gasteiger partial charge < -0.3 is 23.9 Å². The molecule has 134 valence electrons. The molecule has 0 saturated carbocycles. The van der Waals surface area contributed by atoms with E-state index in [1.54, 1.807) is 17.2 Å². The molecule has 0 aliphatic carbocycles. The predicted octanol–water partition coefficient (Wildman–Crippen LogP) is 2.74. The van der Waals surface area contributed by atoms with E-state index >= 15 is 0 Å². The number of rotatable bonds is 8. The van der Waals surface area contributed by atoms with E-state index in [0.717, 1.165) is 17.1 Å². The van der Waals surface area contributed by atoms with Gasteiger partial charge in [0.25, 0.3) is 0 Å². The van der Waals surface area contributed by atoms with Gasteiger partial charge in [-0.3, -0.25) is 4.79 Å². The van der Waals surface area contributed by atoms with E-state index in [0.29, 0.717) is 31.6 Å². The average Bonchev–Trinajstić information content (AvgIpc) is 3.30. The minimum Gasteiger partial charge on any atom is -0.467 e. The van der Waals surface area contributed by atoms with Crippen LogP contribution in [0.1, 0.15) is 31.1 Å². The van der Waals surface area contributed by atoms with E-state index in [1.165, 1.54) is 0 Å². The molecule has 1 aliphatic rings. The number of aliphatic hydroxyl groups is 1. The van der Waals surface area contributed by atoms with Crippen molar-refractivity contribution in [3.05, 3.63) is 47.9 Å². The molecule has 1 amide bonds. The van der Waals surface area contributed by atoms with Crippen molar-refractivity contribution in [2.24, 2.45) is 0 Å². The summed E-state index contributed by atoms with van der Waals surface area (Å²) < 4.78 is 16.0. The SMILES string of the molecule is CC[C@H](CO)N(Cc1ccco1)C(=O)CCc1ccc2c(c1)OCO2. The molecule has 1 aliphatic heterocycles. The Morgan fingerprint density at radius 2 is 2.12 bits per heavy atom. The third-order valence-electron chi connectivity index (χ3n) is 4.41. The Balaban J connectivity index is 1.65. The van der Waals surface area contributed by atoms with Crippen molar-refractivity contribution in [3.8, 4) is 11.5 Å². The molecular weight excluding hydrogens is 322 g/mol. The van der Waals surface area contributed by atoms with Crippen LogP contribution in [0.15, 0.2) is 41.0 Å². The molecule has 2 aromatic rings. The molecule has 0 bridgehead atoms. The summed E-state index contributed by atoms with van der Waals surface area (Å²) in [6.07, 6.45) is 3.24. The van der Waals surface area contributed by atoms with Gasteiger partial charge in [0.2, 0.25) is 12.7 Å². The van der Waals surface area contributed by atoms with Gasteiger partial charge in [-0.05, 0) is 42.7 Å². The van der Waals surface area contributed by atoms with Crippen molar-refractivity contribution < 1.29 is 23.8 Å². The fourth-order valence-corrected chi connectivity index (χ4v) is 2.93. The van der Waals surface area contributed by atoms with Crippen molar-refractivity contribution in [2.45, 2.75) is 38.8 Å². The monoisotopic (exact) mass is 345 g/mol. The number of fused-ring (bicyclic) bond motifs is 1. The van der Waals surface area contributed by atoms with Crippen molar-refractivity contribution in [2.75, 3.05) is 13.4 Å². The first-order chi connectivity index (χ1) is 12.2. The van der Waals surface area contributed by atoms with E-state index in [2.05, 4.69) is 0 Å². The first-order valence-corrected chi connectivity index (χ1v) is 8.52. The Labute approximate surface area is 147 Å². The van der Waals surface area contributed by atoms with E-state index in [1.807, 2.05) is 31.2 Å². The highest BCUT2D eigenvalue weighted by Crippen LogP contribution is 2.32. The number of nitrogens with zero attached hydrogens (tertiary/aromatic N) is 1. The maximum Gasteiger partial charge on any atom is 0.231 e. The fraction of sp³-hybridized carbons (Fsp3) is 0.421. The quantitative estimate of drug-likeness (QED) is 0.796. The molecule has 3 rings (SSSR count). The predicted molar refractivity (Wildman–Crippen MR) is 91.3 cm³/mol. The second-order valence-corrected chi connectivity index (χ2v) is 6.03. The van der Waals surface area contributed by atoms with Gasteiger partial charge in [0.15, 0.2) is 11.5 Å². The molecule has 25 heavy (non-hydrogen) atoms. The largest absolute Gasteiger partial charge is 0.467 e. The molecule has 0 spiro atoms. The lowest BCUT2D eigenvalue weighted by molar-refractivity contribution is -0.135. The number of hydrogen-bond acceptors (Lipinski definition) is 5. The summed E-state index contributed by atoms with van der Waals surface area (Å²) in [5.41, 5.74) is 1.02. The maximum absolute atomic E-state index is 12.8. The van der Waals surface area contributed by atoms with Crippen LogP contribution < -0.4 is 9.47 Å². The normalized spacial score (nSPS) is 13.7. The average molecular weight is 345 g/mol. The smallest absolute Gasteiger partial charge is 0.231 e. The van der Waals surface area contributed by atoms with Gasteiger partial charge in [0.1, 0.15) is 5.76 Å². The zero-order chi connectivity index (χ0) is 17.6. The summed E-state index contributed by atoms with van der Waals surface area (Å²) in [5, 5.41) is 9.61. The Morgan fingerprint density at radius 1 is 1.28 bits per heavy atom. The first kappa shape index (κ1) is 17.4. The number of hydrogen-bond donors (Lipinski definition) is 1. The fourth-order valence-electron chi connectivity index (χ4n) is 2.93. The van der Waals surface area contributed by atoms with Crippen LogP contribution in [0.4, 0.5) is 0 Å². The van der Waals surface area contributed by atoms with Gasteiger partial charge in [-0.1, -0.05) is 13.0 Å². The van der Waals surface area contributed by atoms with Gasteiger partial charge in [-0.2, -0.15) is 0 Å². The molecule has 0 saturated heterocycles. The number of benzene rings is 1. The van der Waals surface area contributed by atoms with Crippen LogP contribution in [0.25, 0.3) is 0 Å². The van der Waals surface area contributed by atoms with Crippen molar-refractivity contribution in [1.82, 2.24) is 4.90 Å². The van der Waals surface area contributed by atoms with Gasteiger partial charge in [-0.25, -0.2) is 0 Å². The van der Waals surface area contributed by atoms with Gasteiger partial charge >= 0.3 is 0 Å². The summed E-state index contributed by atoms with van der Waals surface area (Å²) in [4.78, 5) is 14.5. The third-order valence-corrected chi connectivity index (χ3v) is 4.41. The van der Waals surface area contributed by atoms with E-state index in [9.17, 15) is 9.90 Å². The lowest BCUT2D eigenvalue weighted by Crippen LogP contribution is -2.41. The van der Waals surface area contributed by atoms with E-state index < -0.39 is 0 Å². The first-order valence-electron chi connectivity index (χ1n) is 8.52. The molecule has 0 radical (unpaired) electrons. The molecular formula is C19H23NO5. The molecule has 1 aromatic heterocycles. The van der Waals surface area contributed by atoms with Crippen LogP contribution in [0.2, 0.25) is 0 Å². The molecule has 0 unspecified atom stereocenters. The second-order valence-electron chi connectivity index (χ2n) is 6.03. The zero-order valence-electron chi connectivity index (χ0n) is 14.3. The molecule has 2 heterocycles. The van der Waals surface area contributed by atoms with Gasteiger partial charge in [0.05, 0.1) is 25.5 Å². The summed E-state index contributed by atoms with van der Waals surface area (Å²) >= 11 is 0. The molecule has 1 aromatic carbocycles. The Bertz CT molecular complexity index is 694. The summed E-state index contributed by atoms with van der Waals surface area (Å²) in [6, 6.07) is 9.14. The second kappa shape index (κ2) is 8.07. The van der Waals surface area contributed by atoms with Crippen LogP contribution in [0.3, 0.4) is 0 Å². The number of aliphatic hydroxyl groups excluding tert-OH is 1.